The van der Waals surface area contributed by atoms with Crippen molar-refractivity contribution >= 4 is 17.7 Å². The van der Waals surface area contributed by atoms with E-state index in [0.717, 1.165) is 5.56 Å². The molecule has 1 aromatic carbocycles. The zero-order valence-electron chi connectivity index (χ0n) is 17.9. The van der Waals surface area contributed by atoms with Gasteiger partial charge in [-0.25, -0.2) is 9.18 Å². The number of hydrogen-bond donors (Lipinski definition) is 1. The highest BCUT2D eigenvalue weighted by molar-refractivity contribution is 6.01. The summed E-state index contributed by atoms with van der Waals surface area (Å²) in [6.45, 7) is 9.79. The minimum absolute atomic E-state index is 0.0828. The third-order valence-corrected chi connectivity index (χ3v) is 4.69. The molecule has 2 amide bonds. The molecule has 0 bridgehead atoms. The first-order chi connectivity index (χ1) is 12.9. The van der Waals surface area contributed by atoms with Gasteiger partial charge in [-0.2, -0.15) is 0 Å². The first-order valence-electron chi connectivity index (χ1n) is 9.67. The van der Waals surface area contributed by atoms with Gasteiger partial charge in [-0.3, -0.25) is 4.79 Å². The van der Waals surface area contributed by atoms with E-state index in [1.807, 2.05) is 20.2 Å². The third-order valence-electron chi connectivity index (χ3n) is 4.69. The second-order valence-electron chi connectivity index (χ2n) is 8.84. The Morgan fingerprint density at radius 1 is 1.32 bits per heavy atom. The Bertz CT molecular complexity index is 720. The van der Waals surface area contributed by atoms with Crippen molar-refractivity contribution in [3.05, 3.63) is 29.6 Å². The van der Waals surface area contributed by atoms with Crippen molar-refractivity contribution in [2.24, 2.45) is 5.92 Å². The molecule has 156 valence electrons. The monoisotopic (exact) mass is 393 g/mol. The predicted molar refractivity (Wildman–Crippen MR) is 108 cm³/mol. The average Bonchev–Trinajstić information content (AvgIpc) is 2.86. The molecule has 0 aromatic heterocycles. The highest BCUT2D eigenvalue weighted by atomic mass is 19.1. The summed E-state index contributed by atoms with van der Waals surface area (Å²) >= 11 is 0. The number of hydrogen-bond acceptors (Lipinski definition) is 4. The van der Waals surface area contributed by atoms with Crippen LogP contribution >= 0.6 is 0 Å². The number of ether oxygens (including phenoxy) is 1. The maximum absolute atomic E-state index is 14.9. The van der Waals surface area contributed by atoms with E-state index in [1.54, 1.807) is 26.8 Å². The van der Waals surface area contributed by atoms with Crippen LogP contribution in [0.3, 0.4) is 0 Å². The summed E-state index contributed by atoms with van der Waals surface area (Å²) in [7, 11) is 3.93. The van der Waals surface area contributed by atoms with Gasteiger partial charge in [0.05, 0.1) is 5.69 Å². The van der Waals surface area contributed by atoms with Gasteiger partial charge in [0.2, 0.25) is 5.91 Å². The molecule has 1 aromatic rings. The van der Waals surface area contributed by atoms with Crippen LogP contribution in [0, 0.1) is 11.7 Å². The van der Waals surface area contributed by atoms with Crippen LogP contribution in [0.4, 0.5) is 14.9 Å². The van der Waals surface area contributed by atoms with Crippen LogP contribution in [-0.4, -0.2) is 49.2 Å². The van der Waals surface area contributed by atoms with E-state index in [9.17, 15) is 14.0 Å². The molecule has 6 nitrogen and oxygen atoms in total. The molecule has 0 spiro atoms. The van der Waals surface area contributed by atoms with Gasteiger partial charge in [0, 0.05) is 12.6 Å². The number of benzene rings is 1. The Hall–Kier alpha value is -2.15. The van der Waals surface area contributed by atoms with Gasteiger partial charge in [0.1, 0.15) is 17.5 Å². The van der Waals surface area contributed by atoms with Crippen molar-refractivity contribution in [3.63, 3.8) is 0 Å². The highest BCUT2D eigenvalue weighted by Crippen LogP contribution is 2.31. The summed E-state index contributed by atoms with van der Waals surface area (Å²) in [5.41, 5.74) is 0.465. The lowest BCUT2D eigenvalue weighted by Gasteiger charge is -2.29. The summed E-state index contributed by atoms with van der Waals surface area (Å²) in [6, 6.07) is 4.39. The molecule has 28 heavy (non-hydrogen) atoms. The Labute approximate surface area is 167 Å². The molecule has 2 rings (SSSR count). The summed E-state index contributed by atoms with van der Waals surface area (Å²) in [5, 5.41) is 2.58. The summed E-state index contributed by atoms with van der Waals surface area (Å²) in [4.78, 5) is 28.1. The normalized spacial score (nSPS) is 18.7. The maximum atomic E-state index is 14.9. The maximum Gasteiger partial charge on any atom is 0.408 e. The Morgan fingerprint density at radius 2 is 1.96 bits per heavy atom. The fourth-order valence-corrected chi connectivity index (χ4v) is 3.71. The van der Waals surface area contributed by atoms with Crippen LogP contribution in [0.15, 0.2) is 18.2 Å². The number of nitrogens with zero attached hydrogens (tertiary/aromatic N) is 2. The topological polar surface area (TPSA) is 61.9 Å². The van der Waals surface area contributed by atoms with E-state index in [1.165, 1.54) is 11.0 Å². The van der Waals surface area contributed by atoms with E-state index in [0.29, 0.717) is 18.9 Å². The number of carbonyl (C=O) groups is 2. The molecular weight excluding hydrogens is 361 g/mol. The molecule has 1 heterocycles. The zero-order chi connectivity index (χ0) is 21.2. The fourth-order valence-electron chi connectivity index (χ4n) is 3.71. The molecule has 2 atom stereocenters. The second kappa shape index (κ2) is 8.47. The largest absolute Gasteiger partial charge is 0.444 e. The summed E-state index contributed by atoms with van der Waals surface area (Å²) in [5.74, 6) is -0.446. The molecule has 7 heteroatoms. The molecule has 1 saturated heterocycles. The van der Waals surface area contributed by atoms with Crippen LogP contribution < -0.4 is 10.2 Å². The Kier molecular flexibility index (Phi) is 6.70. The zero-order valence-corrected chi connectivity index (χ0v) is 17.9. The SMILES string of the molecule is CC(C)C(c1ccc(N2CC[C@H](NC(=O)OC(C)(C)C)C2=O)c(F)c1)N(C)C. The fraction of sp³-hybridized carbons (Fsp3) is 0.619. The van der Waals surface area contributed by atoms with Crippen molar-refractivity contribution in [1.82, 2.24) is 10.2 Å². The summed E-state index contributed by atoms with van der Waals surface area (Å²) < 4.78 is 20.1. The summed E-state index contributed by atoms with van der Waals surface area (Å²) in [6.07, 6.45) is -0.236. The predicted octanol–water partition coefficient (Wildman–Crippen LogP) is 3.71. The van der Waals surface area contributed by atoms with Gasteiger partial charge < -0.3 is 19.9 Å². The number of amides is 2. The number of rotatable bonds is 5. The van der Waals surface area contributed by atoms with Crippen molar-refractivity contribution < 1.29 is 18.7 Å². The van der Waals surface area contributed by atoms with Crippen LogP contribution in [0.25, 0.3) is 0 Å². The van der Waals surface area contributed by atoms with Gasteiger partial charge in [-0.15, -0.1) is 0 Å². The quantitative estimate of drug-likeness (QED) is 0.828. The molecule has 1 aliphatic heterocycles. The molecule has 1 unspecified atom stereocenters. The lowest BCUT2D eigenvalue weighted by Crippen LogP contribution is -2.44. The van der Waals surface area contributed by atoms with E-state index >= 15 is 0 Å². The van der Waals surface area contributed by atoms with E-state index in [2.05, 4.69) is 24.1 Å². The molecule has 0 aliphatic carbocycles. The lowest BCUT2D eigenvalue weighted by molar-refractivity contribution is -0.118. The van der Waals surface area contributed by atoms with Crippen molar-refractivity contribution in [3.8, 4) is 0 Å². The van der Waals surface area contributed by atoms with Gasteiger partial charge in [-0.05, 0) is 64.9 Å². The van der Waals surface area contributed by atoms with E-state index in [4.69, 9.17) is 4.74 Å². The minimum Gasteiger partial charge on any atom is -0.444 e. The van der Waals surface area contributed by atoms with Gasteiger partial charge >= 0.3 is 6.09 Å². The van der Waals surface area contributed by atoms with E-state index in [-0.39, 0.29) is 17.6 Å². The van der Waals surface area contributed by atoms with Gasteiger partial charge in [0.25, 0.3) is 0 Å². The number of nitrogens with one attached hydrogen (secondary N) is 1. The second-order valence-corrected chi connectivity index (χ2v) is 8.84. The van der Waals surface area contributed by atoms with Crippen LogP contribution in [-0.2, 0) is 9.53 Å². The van der Waals surface area contributed by atoms with E-state index < -0.39 is 23.6 Å². The number of carbonyl (C=O) groups excluding carboxylic acids is 2. The molecule has 1 fully saturated rings. The minimum atomic E-state index is -0.709. The van der Waals surface area contributed by atoms with Gasteiger partial charge in [-0.1, -0.05) is 19.9 Å². The smallest absolute Gasteiger partial charge is 0.408 e. The molecule has 1 N–H and O–H groups in total. The lowest BCUT2D eigenvalue weighted by atomic mass is 9.94. The third kappa shape index (κ3) is 5.22. The average molecular weight is 394 g/mol. The van der Waals surface area contributed by atoms with Crippen molar-refractivity contribution in [2.75, 3.05) is 25.5 Å². The molecular formula is C21H32FN3O3. The number of alkyl carbamates (subject to hydrolysis) is 1. The molecule has 0 saturated carbocycles. The molecule has 1 aliphatic rings. The number of anilines is 1. The van der Waals surface area contributed by atoms with Crippen molar-refractivity contribution in [2.45, 2.75) is 58.7 Å². The Balaban J connectivity index is 2.14. The van der Waals surface area contributed by atoms with Crippen LogP contribution in [0.1, 0.15) is 52.6 Å². The Morgan fingerprint density at radius 3 is 2.46 bits per heavy atom. The number of halogens is 1. The first-order valence-corrected chi connectivity index (χ1v) is 9.67. The molecule has 0 radical (unpaired) electrons. The highest BCUT2D eigenvalue weighted by Gasteiger charge is 2.36. The van der Waals surface area contributed by atoms with Crippen LogP contribution in [0.5, 0.6) is 0 Å². The first kappa shape index (κ1) is 22.1. The van der Waals surface area contributed by atoms with Gasteiger partial charge in [0.15, 0.2) is 0 Å². The van der Waals surface area contributed by atoms with Crippen molar-refractivity contribution in [1.29, 1.82) is 0 Å². The standard InChI is InChI=1S/C21H32FN3O3/c1-13(2)18(24(6)7)14-8-9-17(15(22)12-14)25-11-10-16(19(25)26)23-20(27)28-21(3,4)5/h8-9,12-13,16,18H,10-11H2,1-7H3,(H,23,27)/t16-,18?/m0/s1. The van der Waals surface area contributed by atoms with Crippen LogP contribution in [0.2, 0.25) is 0 Å².